The Hall–Kier alpha value is -2.48. The molecule has 21 heavy (non-hydrogen) atoms. The van der Waals surface area contributed by atoms with Crippen molar-refractivity contribution in [1.82, 2.24) is 10.1 Å². The standard InChI is InChI=1S/C13H16N4O4/c1-3-20-9(2)13-15-12(21-16-13)8-14-10-4-6-11(7-5-10)17(18)19/h4-7,9,14H,3,8H2,1-2H3/t9-/m1/s1. The van der Waals surface area contributed by atoms with E-state index < -0.39 is 4.92 Å². The largest absolute Gasteiger partial charge is 0.376 e. The summed E-state index contributed by atoms with van der Waals surface area (Å²) in [6.07, 6.45) is -0.216. The highest BCUT2D eigenvalue weighted by Crippen LogP contribution is 2.17. The molecule has 0 fully saturated rings. The first kappa shape index (κ1) is 14.9. The topological polar surface area (TPSA) is 103 Å². The lowest BCUT2D eigenvalue weighted by molar-refractivity contribution is -0.384. The Balaban J connectivity index is 1.92. The molecule has 2 aromatic rings. The number of non-ortho nitro benzene ring substituents is 1. The van der Waals surface area contributed by atoms with Crippen LogP contribution in [0.15, 0.2) is 28.8 Å². The van der Waals surface area contributed by atoms with Crippen LogP contribution in [0.5, 0.6) is 0 Å². The normalized spacial score (nSPS) is 12.1. The molecule has 8 heteroatoms. The summed E-state index contributed by atoms with van der Waals surface area (Å²) >= 11 is 0. The van der Waals surface area contributed by atoms with Crippen molar-refractivity contribution in [2.45, 2.75) is 26.5 Å². The zero-order valence-electron chi connectivity index (χ0n) is 11.8. The molecule has 0 unspecified atom stereocenters. The van der Waals surface area contributed by atoms with Crippen molar-refractivity contribution in [3.05, 3.63) is 46.1 Å². The maximum atomic E-state index is 10.6. The van der Waals surface area contributed by atoms with Gasteiger partial charge >= 0.3 is 0 Å². The molecule has 0 saturated carbocycles. The SMILES string of the molecule is CCO[C@H](C)c1noc(CNc2ccc([N+](=O)[O-])cc2)n1. The van der Waals surface area contributed by atoms with Gasteiger partial charge < -0.3 is 14.6 Å². The molecular weight excluding hydrogens is 276 g/mol. The number of nitro benzene ring substituents is 1. The van der Waals surface area contributed by atoms with Crippen molar-refractivity contribution in [3.63, 3.8) is 0 Å². The van der Waals surface area contributed by atoms with Crippen molar-refractivity contribution in [3.8, 4) is 0 Å². The van der Waals surface area contributed by atoms with E-state index in [9.17, 15) is 10.1 Å². The van der Waals surface area contributed by atoms with Crippen LogP contribution in [0.3, 0.4) is 0 Å². The van der Waals surface area contributed by atoms with Crippen LogP contribution >= 0.6 is 0 Å². The molecule has 1 aromatic heterocycles. The lowest BCUT2D eigenvalue weighted by Gasteiger charge is -2.05. The molecule has 8 nitrogen and oxygen atoms in total. The van der Waals surface area contributed by atoms with Crippen LogP contribution in [-0.2, 0) is 11.3 Å². The van der Waals surface area contributed by atoms with Gasteiger partial charge in [-0.25, -0.2) is 0 Å². The molecule has 0 spiro atoms. The van der Waals surface area contributed by atoms with Gasteiger partial charge in [0.15, 0.2) is 5.82 Å². The second-order valence-electron chi connectivity index (χ2n) is 4.30. The van der Waals surface area contributed by atoms with Gasteiger partial charge in [-0.05, 0) is 26.0 Å². The molecule has 2 rings (SSSR count). The first-order chi connectivity index (χ1) is 10.1. The average molecular weight is 292 g/mol. The highest BCUT2D eigenvalue weighted by Gasteiger charge is 2.13. The number of nitro groups is 1. The zero-order chi connectivity index (χ0) is 15.2. The van der Waals surface area contributed by atoms with E-state index in [2.05, 4.69) is 15.5 Å². The van der Waals surface area contributed by atoms with Gasteiger partial charge in [0, 0.05) is 24.4 Å². The van der Waals surface area contributed by atoms with E-state index in [0.717, 1.165) is 5.69 Å². The number of hydrogen-bond donors (Lipinski definition) is 1. The maximum absolute atomic E-state index is 10.6. The smallest absolute Gasteiger partial charge is 0.269 e. The molecule has 0 aliphatic carbocycles. The second-order valence-corrected chi connectivity index (χ2v) is 4.30. The molecular formula is C13H16N4O4. The summed E-state index contributed by atoms with van der Waals surface area (Å²) in [5.74, 6) is 0.923. The van der Waals surface area contributed by atoms with Crippen LogP contribution in [0.2, 0.25) is 0 Å². The van der Waals surface area contributed by atoms with Crippen LogP contribution < -0.4 is 5.32 Å². The molecule has 1 N–H and O–H groups in total. The summed E-state index contributed by atoms with van der Waals surface area (Å²) in [4.78, 5) is 14.3. The first-order valence-corrected chi connectivity index (χ1v) is 6.52. The fourth-order valence-electron chi connectivity index (χ4n) is 1.71. The summed E-state index contributed by atoms with van der Waals surface area (Å²) in [5.41, 5.74) is 0.782. The third-order valence-electron chi connectivity index (χ3n) is 2.79. The van der Waals surface area contributed by atoms with Gasteiger partial charge in [0.2, 0.25) is 5.89 Å². The van der Waals surface area contributed by atoms with Crippen molar-refractivity contribution in [1.29, 1.82) is 0 Å². The van der Waals surface area contributed by atoms with Crippen molar-refractivity contribution in [2.75, 3.05) is 11.9 Å². The maximum Gasteiger partial charge on any atom is 0.269 e. The summed E-state index contributed by atoms with van der Waals surface area (Å²) in [5, 5.41) is 17.4. The third kappa shape index (κ3) is 3.99. The number of ether oxygens (including phenoxy) is 1. The van der Waals surface area contributed by atoms with E-state index in [0.29, 0.717) is 24.9 Å². The van der Waals surface area contributed by atoms with E-state index in [1.54, 1.807) is 12.1 Å². The fraction of sp³-hybridized carbons (Fsp3) is 0.385. The molecule has 0 saturated heterocycles. The lowest BCUT2D eigenvalue weighted by Crippen LogP contribution is -2.03. The van der Waals surface area contributed by atoms with Gasteiger partial charge in [-0.15, -0.1) is 0 Å². The Morgan fingerprint density at radius 2 is 2.14 bits per heavy atom. The summed E-state index contributed by atoms with van der Waals surface area (Å²) in [7, 11) is 0. The van der Waals surface area contributed by atoms with Crippen molar-refractivity contribution < 1.29 is 14.2 Å². The highest BCUT2D eigenvalue weighted by molar-refractivity contribution is 5.48. The van der Waals surface area contributed by atoms with E-state index in [-0.39, 0.29) is 11.8 Å². The van der Waals surface area contributed by atoms with Crippen molar-refractivity contribution in [2.24, 2.45) is 0 Å². The third-order valence-corrected chi connectivity index (χ3v) is 2.79. The number of anilines is 1. The number of rotatable bonds is 7. The minimum atomic E-state index is -0.441. The number of aromatic nitrogens is 2. The Labute approximate surface area is 121 Å². The molecule has 1 heterocycles. The minimum absolute atomic E-state index is 0.0474. The Morgan fingerprint density at radius 3 is 2.76 bits per heavy atom. The quantitative estimate of drug-likeness (QED) is 0.618. The first-order valence-electron chi connectivity index (χ1n) is 6.52. The van der Waals surface area contributed by atoms with Gasteiger partial charge in [0.05, 0.1) is 11.5 Å². The van der Waals surface area contributed by atoms with Crippen LogP contribution in [0.1, 0.15) is 31.7 Å². The zero-order valence-corrected chi connectivity index (χ0v) is 11.8. The average Bonchev–Trinajstić information content (AvgIpc) is 2.95. The minimum Gasteiger partial charge on any atom is -0.376 e. The molecule has 0 aliphatic heterocycles. The van der Waals surface area contributed by atoms with Gasteiger partial charge in [0.25, 0.3) is 5.69 Å². The second kappa shape index (κ2) is 6.80. The summed E-state index contributed by atoms with van der Waals surface area (Å²) in [6, 6.07) is 6.11. The van der Waals surface area contributed by atoms with Gasteiger partial charge in [-0.3, -0.25) is 10.1 Å². The molecule has 112 valence electrons. The van der Waals surface area contributed by atoms with E-state index in [1.165, 1.54) is 12.1 Å². The highest BCUT2D eigenvalue weighted by atomic mass is 16.6. The molecule has 1 atom stereocenters. The Morgan fingerprint density at radius 1 is 1.43 bits per heavy atom. The van der Waals surface area contributed by atoms with Crippen LogP contribution in [0.25, 0.3) is 0 Å². The fourth-order valence-corrected chi connectivity index (χ4v) is 1.71. The van der Waals surface area contributed by atoms with Gasteiger partial charge in [-0.1, -0.05) is 5.16 Å². The van der Waals surface area contributed by atoms with Gasteiger partial charge in [0.1, 0.15) is 6.10 Å². The monoisotopic (exact) mass is 292 g/mol. The number of nitrogens with zero attached hydrogens (tertiary/aromatic N) is 3. The van der Waals surface area contributed by atoms with E-state index >= 15 is 0 Å². The summed E-state index contributed by atoms with van der Waals surface area (Å²) in [6.45, 7) is 4.66. The Bertz CT molecular complexity index is 596. The molecule has 0 aliphatic rings. The number of benzene rings is 1. The van der Waals surface area contributed by atoms with E-state index in [1.807, 2.05) is 13.8 Å². The molecule has 0 bridgehead atoms. The molecule has 0 amide bonds. The number of hydrogen-bond acceptors (Lipinski definition) is 7. The Kier molecular flexibility index (Phi) is 4.83. The van der Waals surface area contributed by atoms with Crippen molar-refractivity contribution >= 4 is 11.4 Å². The van der Waals surface area contributed by atoms with Crippen LogP contribution in [0.4, 0.5) is 11.4 Å². The predicted molar refractivity (Wildman–Crippen MR) is 74.8 cm³/mol. The molecule has 0 radical (unpaired) electrons. The summed E-state index contributed by atoms with van der Waals surface area (Å²) < 4.78 is 10.5. The lowest BCUT2D eigenvalue weighted by atomic mass is 10.3. The molecule has 1 aromatic carbocycles. The van der Waals surface area contributed by atoms with Gasteiger partial charge in [-0.2, -0.15) is 4.98 Å². The van der Waals surface area contributed by atoms with Crippen LogP contribution in [0, 0.1) is 10.1 Å². The number of nitrogens with one attached hydrogen (secondary N) is 1. The van der Waals surface area contributed by atoms with Crippen LogP contribution in [-0.4, -0.2) is 21.7 Å². The predicted octanol–water partition coefficient (Wildman–Crippen LogP) is 2.69. The van der Waals surface area contributed by atoms with E-state index in [4.69, 9.17) is 9.26 Å².